The van der Waals surface area contributed by atoms with Crippen molar-refractivity contribution in [3.63, 3.8) is 0 Å². The van der Waals surface area contributed by atoms with E-state index in [-0.39, 0.29) is 29.5 Å². The van der Waals surface area contributed by atoms with Crippen LogP contribution in [-0.2, 0) is 14.3 Å². The van der Waals surface area contributed by atoms with E-state index in [0.29, 0.717) is 24.5 Å². The van der Waals surface area contributed by atoms with Crippen LogP contribution < -0.4 is 16.0 Å². The Morgan fingerprint density at radius 1 is 1.28 bits per heavy atom. The maximum Gasteiger partial charge on any atom is 0.253 e. The zero-order valence-electron chi connectivity index (χ0n) is 19.0. The van der Waals surface area contributed by atoms with E-state index >= 15 is 0 Å². The number of carbonyl (C=O) groups excluding carboxylic acids is 2. The number of nitrogens with two attached hydrogens (primary N) is 1. The number of hydrogen-bond acceptors (Lipinski definition) is 5. The van der Waals surface area contributed by atoms with E-state index in [1.165, 1.54) is 0 Å². The molecule has 1 atom stereocenters. The first-order valence-electron chi connectivity index (χ1n) is 10.6. The van der Waals surface area contributed by atoms with Crippen molar-refractivity contribution in [2.45, 2.75) is 33.7 Å². The first kappa shape index (κ1) is 23.3. The second-order valence-electron chi connectivity index (χ2n) is 8.98. The number of benzene rings is 1. The number of morpholine rings is 1. The molecule has 8 heteroatoms. The highest BCUT2D eigenvalue weighted by Gasteiger charge is 2.24. The van der Waals surface area contributed by atoms with E-state index < -0.39 is 5.91 Å². The van der Waals surface area contributed by atoms with Crippen LogP contribution in [0.3, 0.4) is 0 Å². The maximum atomic E-state index is 12.1. The second-order valence-corrected chi connectivity index (χ2v) is 8.98. The topological polar surface area (TPSA) is 124 Å². The molecular weight excluding hydrogens is 406 g/mol. The largest absolute Gasteiger partial charge is 0.380 e. The normalized spacial score (nSPS) is 16.4. The van der Waals surface area contributed by atoms with Gasteiger partial charge in [-0.15, -0.1) is 0 Å². The van der Waals surface area contributed by atoms with Crippen molar-refractivity contribution < 1.29 is 14.3 Å². The minimum absolute atomic E-state index is 0.0175. The van der Waals surface area contributed by atoms with E-state index in [9.17, 15) is 9.59 Å². The average Bonchev–Trinajstić information content (AvgIpc) is 3.23. The van der Waals surface area contributed by atoms with E-state index in [2.05, 4.69) is 31.1 Å². The van der Waals surface area contributed by atoms with Gasteiger partial charge in [0.1, 0.15) is 6.61 Å². The summed E-state index contributed by atoms with van der Waals surface area (Å²) >= 11 is 0. The molecule has 8 nitrogen and oxygen atoms in total. The quantitative estimate of drug-likeness (QED) is 0.393. The van der Waals surface area contributed by atoms with Gasteiger partial charge in [0.25, 0.3) is 11.8 Å². The summed E-state index contributed by atoms with van der Waals surface area (Å²) in [7, 11) is 0. The smallest absolute Gasteiger partial charge is 0.253 e. The van der Waals surface area contributed by atoms with Gasteiger partial charge in [0.15, 0.2) is 0 Å². The molecule has 1 aliphatic rings. The van der Waals surface area contributed by atoms with Gasteiger partial charge in [0, 0.05) is 30.7 Å². The number of amides is 2. The lowest BCUT2D eigenvalue weighted by Crippen LogP contribution is -2.41. The first-order valence-corrected chi connectivity index (χ1v) is 10.6. The van der Waals surface area contributed by atoms with Gasteiger partial charge in [0.2, 0.25) is 0 Å². The summed E-state index contributed by atoms with van der Waals surface area (Å²) in [6.45, 7) is 9.48. The highest BCUT2D eigenvalue weighted by Crippen LogP contribution is 2.28. The third-order valence-corrected chi connectivity index (χ3v) is 5.79. The number of aromatic nitrogens is 1. The van der Waals surface area contributed by atoms with Gasteiger partial charge in [-0.25, -0.2) is 0 Å². The Morgan fingerprint density at radius 2 is 1.97 bits per heavy atom. The van der Waals surface area contributed by atoms with E-state index in [0.717, 1.165) is 23.0 Å². The summed E-state index contributed by atoms with van der Waals surface area (Å²) in [6, 6.07) is 9.65. The minimum atomic E-state index is -0.667. The number of nitrogens with zero attached hydrogens (tertiary/aromatic N) is 1. The van der Waals surface area contributed by atoms with Crippen LogP contribution in [0.25, 0.3) is 16.8 Å². The maximum absolute atomic E-state index is 12.1. The lowest BCUT2D eigenvalue weighted by molar-refractivity contribution is -0.125. The fourth-order valence-electron chi connectivity index (χ4n) is 3.33. The number of H-pyrrole nitrogens is 1. The lowest BCUT2D eigenvalue weighted by atomic mass is 9.87. The van der Waals surface area contributed by atoms with Crippen molar-refractivity contribution in [3.05, 3.63) is 47.8 Å². The Bertz CT molecular complexity index is 1030. The van der Waals surface area contributed by atoms with Crippen LogP contribution in [0.4, 0.5) is 5.69 Å². The molecule has 0 bridgehead atoms. The molecule has 0 radical (unpaired) electrons. The summed E-state index contributed by atoms with van der Waals surface area (Å²) in [5.41, 5.74) is 9.44. The van der Waals surface area contributed by atoms with Crippen molar-refractivity contribution in [1.29, 1.82) is 5.41 Å². The predicted molar refractivity (Wildman–Crippen MR) is 126 cm³/mol. The van der Waals surface area contributed by atoms with Gasteiger partial charge in [-0.1, -0.05) is 32.9 Å². The number of aromatic amines is 1. The van der Waals surface area contributed by atoms with Gasteiger partial charge >= 0.3 is 0 Å². The SMILES string of the molecule is C[C@@H](N/C(=C(/C=N)C(N)=O)c1cc(-c2ccc(N3CCOCC3=O)cc2)c[nH]1)C(C)(C)C. The molecule has 0 saturated carbocycles. The standard InChI is InChI=1S/C24H31N5O3/c1-15(24(2,3)4)28-22(19(12-25)23(26)31)20-11-17(13-27-20)16-5-7-18(8-6-16)29-9-10-32-14-21(29)30/h5-8,11-13,15,25,27-28H,9-10,14H2,1-4H3,(H2,26,31)/b22-19-,25-12?/t15-/m1/s1. The number of carbonyl (C=O) groups is 2. The molecular formula is C24H31N5O3. The average molecular weight is 438 g/mol. The van der Waals surface area contributed by atoms with Gasteiger partial charge < -0.3 is 31.1 Å². The lowest BCUT2D eigenvalue weighted by Gasteiger charge is -2.30. The molecule has 2 heterocycles. The van der Waals surface area contributed by atoms with Gasteiger partial charge in [-0.2, -0.15) is 0 Å². The summed E-state index contributed by atoms with van der Waals surface area (Å²) in [4.78, 5) is 29.0. The molecule has 170 valence electrons. The van der Waals surface area contributed by atoms with Crippen LogP contribution in [-0.4, -0.2) is 48.8 Å². The van der Waals surface area contributed by atoms with Crippen LogP contribution in [0.15, 0.2) is 42.1 Å². The Labute approximate surface area is 188 Å². The molecule has 1 aromatic heterocycles. The number of hydrogen-bond donors (Lipinski definition) is 4. The molecule has 1 fully saturated rings. The fourth-order valence-corrected chi connectivity index (χ4v) is 3.33. The van der Waals surface area contributed by atoms with Crippen LogP contribution in [0.1, 0.15) is 33.4 Å². The molecule has 0 unspecified atom stereocenters. The third kappa shape index (κ3) is 5.08. The minimum Gasteiger partial charge on any atom is -0.380 e. The van der Waals surface area contributed by atoms with Gasteiger partial charge in [0.05, 0.1) is 23.6 Å². The monoisotopic (exact) mass is 437 g/mol. The highest BCUT2D eigenvalue weighted by molar-refractivity contribution is 6.16. The van der Waals surface area contributed by atoms with Crippen LogP contribution in [0.5, 0.6) is 0 Å². The summed E-state index contributed by atoms with van der Waals surface area (Å²) in [5, 5.41) is 11.1. The molecule has 2 aromatic rings. The molecule has 3 rings (SSSR count). The highest BCUT2D eigenvalue weighted by atomic mass is 16.5. The van der Waals surface area contributed by atoms with Gasteiger partial charge in [-0.3, -0.25) is 9.59 Å². The third-order valence-electron chi connectivity index (χ3n) is 5.79. The van der Waals surface area contributed by atoms with Crippen molar-refractivity contribution >= 4 is 29.4 Å². The number of nitrogens with one attached hydrogen (secondary N) is 3. The first-order chi connectivity index (χ1) is 15.1. The van der Waals surface area contributed by atoms with Crippen molar-refractivity contribution in [3.8, 4) is 11.1 Å². The fraction of sp³-hybridized carbons (Fsp3) is 0.375. The number of rotatable bonds is 7. The van der Waals surface area contributed by atoms with E-state index in [1.54, 1.807) is 4.90 Å². The Balaban J connectivity index is 1.91. The molecule has 1 saturated heterocycles. The number of anilines is 1. The molecule has 2 amide bonds. The molecule has 1 aliphatic heterocycles. The summed E-state index contributed by atoms with van der Waals surface area (Å²) < 4.78 is 5.19. The van der Waals surface area contributed by atoms with Crippen molar-refractivity contribution in [2.24, 2.45) is 11.1 Å². The van der Waals surface area contributed by atoms with Crippen LogP contribution in [0, 0.1) is 10.8 Å². The molecule has 32 heavy (non-hydrogen) atoms. The summed E-state index contributed by atoms with van der Waals surface area (Å²) in [5.74, 6) is -0.716. The number of ether oxygens (including phenoxy) is 1. The van der Waals surface area contributed by atoms with E-state index in [1.807, 2.05) is 43.5 Å². The Hall–Kier alpha value is -3.39. The molecule has 0 spiro atoms. The van der Waals surface area contributed by atoms with Crippen molar-refractivity contribution in [1.82, 2.24) is 10.3 Å². The van der Waals surface area contributed by atoms with Crippen LogP contribution in [0.2, 0.25) is 0 Å². The zero-order valence-corrected chi connectivity index (χ0v) is 19.0. The van der Waals surface area contributed by atoms with E-state index in [4.69, 9.17) is 15.9 Å². The molecule has 1 aromatic carbocycles. The summed E-state index contributed by atoms with van der Waals surface area (Å²) in [6.07, 6.45) is 2.82. The zero-order chi connectivity index (χ0) is 23.5. The Morgan fingerprint density at radius 3 is 2.53 bits per heavy atom. The molecule has 0 aliphatic carbocycles. The van der Waals surface area contributed by atoms with Crippen molar-refractivity contribution in [2.75, 3.05) is 24.7 Å². The Kier molecular flexibility index (Phi) is 6.84. The second kappa shape index (κ2) is 9.40. The molecule has 5 N–H and O–H groups in total. The van der Waals surface area contributed by atoms with Crippen LogP contribution >= 0.6 is 0 Å². The number of primary amides is 1. The predicted octanol–water partition coefficient (Wildman–Crippen LogP) is 2.92. The van der Waals surface area contributed by atoms with Gasteiger partial charge in [-0.05, 0) is 41.7 Å².